The van der Waals surface area contributed by atoms with Crippen molar-refractivity contribution in [1.82, 2.24) is 14.8 Å². The largest absolute Gasteiger partial charge is 0.340 e. The number of aryl methyl sites for hydroxylation is 1. The summed E-state index contributed by atoms with van der Waals surface area (Å²) in [6, 6.07) is 3.47. The number of carbonyl (C=O) groups is 1. The number of halogens is 1. The van der Waals surface area contributed by atoms with Gasteiger partial charge in [-0.2, -0.15) is 0 Å². The highest BCUT2D eigenvalue weighted by molar-refractivity contribution is 6.29. The molecule has 0 atom stereocenters. The van der Waals surface area contributed by atoms with Gasteiger partial charge in [-0.15, -0.1) is 0 Å². The summed E-state index contributed by atoms with van der Waals surface area (Å²) in [6.07, 6.45) is 1.82. The molecule has 5 heteroatoms. The molecular weight excluding hydrogens is 262 g/mol. The Kier molecular flexibility index (Phi) is 6.25. The van der Waals surface area contributed by atoms with E-state index in [-0.39, 0.29) is 5.91 Å². The molecule has 0 radical (unpaired) electrons. The minimum Gasteiger partial charge on any atom is -0.340 e. The summed E-state index contributed by atoms with van der Waals surface area (Å²) in [6.45, 7) is 3.60. The second-order valence-electron chi connectivity index (χ2n) is 4.95. The number of likely N-dealkylation sites (N-methyl/N-ethyl adjacent to an activating group) is 2. The predicted octanol–water partition coefficient (Wildman–Crippen LogP) is 2.32. The van der Waals surface area contributed by atoms with Crippen LogP contribution in [-0.4, -0.2) is 54.9 Å². The van der Waals surface area contributed by atoms with E-state index in [2.05, 4.69) is 11.9 Å². The number of amides is 1. The van der Waals surface area contributed by atoms with Crippen LogP contribution in [0.2, 0.25) is 5.15 Å². The Morgan fingerprint density at radius 1 is 1.26 bits per heavy atom. The lowest BCUT2D eigenvalue weighted by atomic mass is 10.1. The lowest BCUT2D eigenvalue weighted by Crippen LogP contribution is -2.33. The number of hydrogen-bond donors (Lipinski definition) is 0. The smallest absolute Gasteiger partial charge is 0.253 e. The Morgan fingerprint density at radius 2 is 1.95 bits per heavy atom. The molecule has 0 spiro atoms. The highest BCUT2D eigenvalue weighted by Gasteiger charge is 2.13. The molecule has 0 aliphatic rings. The Morgan fingerprint density at radius 3 is 2.53 bits per heavy atom. The third-order valence-electron chi connectivity index (χ3n) is 2.83. The van der Waals surface area contributed by atoms with E-state index < -0.39 is 0 Å². The number of nitrogens with zero attached hydrogens (tertiary/aromatic N) is 3. The van der Waals surface area contributed by atoms with Crippen LogP contribution in [0.3, 0.4) is 0 Å². The first-order chi connectivity index (χ1) is 8.93. The van der Waals surface area contributed by atoms with Crippen molar-refractivity contribution < 1.29 is 4.79 Å². The third-order valence-corrected chi connectivity index (χ3v) is 3.02. The van der Waals surface area contributed by atoms with Crippen molar-refractivity contribution in [3.05, 3.63) is 28.5 Å². The average molecular weight is 284 g/mol. The van der Waals surface area contributed by atoms with Gasteiger partial charge in [0.1, 0.15) is 5.15 Å². The van der Waals surface area contributed by atoms with Crippen molar-refractivity contribution in [2.75, 3.05) is 34.2 Å². The summed E-state index contributed by atoms with van der Waals surface area (Å²) in [4.78, 5) is 20.3. The van der Waals surface area contributed by atoms with Gasteiger partial charge >= 0.3 is 0 Å². The molecule has 1 aromatic rings. The molecular formula is C14H22ClN3O. The molecule has 0 unspecified atom stereocenters. The van der Waals surface area contributed by atoms with Crippen LogP contribution in [0.5, 0.6) is 0 Å². The van der Waals surface area contributed by atoms with Gasteiger partial charge in [0.15, 0.2) is 0 Å². The minimum atomic E-state index is -0.0106. The number of hydrogen-bond acceptors (Lipinski definition) is 3. The van der Waals surface area contributed by atoms with Crippen LogP contribution in [-0.2, 0) is 6.42 Å². The quantitative estimate of drug-likeness (QED) is 0.752. The molecule has 0 saturated carbocycles. The zero-order valence-corrected chi connectivity index (χ0v) is 12.9. The van der Waals surface area contributed by atoms with Crippen molar-refractivity contribution in [2.45, 2.75) is 19.8 Å². The van der Waals surface area contributed by atoms with Gasteiger partial charge in [-0.3, -0.25) is 4.79 Å². The number of aromatic nitrogens is 1. The van der Waals surface area contributed by atoms with Crippen molar-refractivity contribution in [1.29, 1.82) is 0 Å². The first-order valence-corrected chi connectivity index (χ1v) is 6.88. The van der Waals surface area contributed by atoms with E-state index >= 15 is 0 Å². The highest BCUT2D eigenvalue weighted by Crippen LogP contribution is 2.14. The van der Waals surface area contributed by atoms with E-state index in [4.69, 9.17) is 11.6 Å². The maximum Gasteiger partial charge on any atom is 0.253 e. The van der Waals surface area contributed by atoms with Crippen molar-refractivity contribution in [3.8, 4) is 0 Å². The lowest BCUT2D eigenvalue weighted by molar-refractivity contribution is 0.0786. The van der Waals surface area contributed by atoms with Crippen LogP contribution in [0, 0.1) is 0 Å². The Balaban J connectivity index is 2.80. The summed E-state index contributed by atoms with van der Waals surface area (Å²) in [5.41, 5.74) is 1.49. The molecule has 0 aliphatic heterocycles. The van der Waals surface area contributed by atoms with E-state index in [0.717, 1.165) is 25.1 Å². The molecule has 0 aliphatic carbocycles. The van der Waals surface area contributed by atoms with Crippen molar-refractivity contribution in [2.24, 2.45) is 0 Å². The molecule has 1 aromatic heterocycles. The lowest BCUT2D eigenvalue weighted by Gasteiger charge is -2.20. The molecule has 1 heterocycles. The summed E-state index contributed by atoms with van der Waals surface area (Å²) in [5.74, 6) is -0.0106. The van der Waals surface area contributed by atoms with Gasteiger partial charge in [0.25, 0.3) is 5.91 Å². The van der Waals surface area contributed by atoms with E-state index in [0.29, 0.717) is 17.3 Å². The summed E-state index contributed by atoms with van der Waals surface area (Å²) in [5, 5.41) is 0.385. The Labute approximate surface area is 120 Å². The molecule has 0 bridgehead atoms. The molecule has 0 fully saturated rings. The molecule has 0 N–H and O–H groups in total. The van der Waals surface area contributed by atoms with Gasteiger partial charge < -0.3 is 9.80 Å². The second kappa shape index (κ2) is 7.46. The topological polar surface area (TPSA) is 36.4 Å². The van der Waals surface area contributed by atoms with Crippen LogP contribution in [0.15, 0.2) is 12.1 Å². The molecule has 0 aromatic carbocycles. The molecule has 1 rings (SSSR count). The Bertz CT molecular complexity index is 435. The van der Waals surface area contributed by atoms with E-state index in [9.17, 15) is 4.79 Å². The van der Waals surface area contributed by atoms with Crippen LogP contribution in [0.1, 0.15) is 29.4 Å². The fourth-order valence-electron chi connectivity index (χ4n) is 1.73. The first kappa shape index (κ1) is 15.9. The van der Waals surface area contributed by atoms with Gasteiger partial charge in [0.2, 0.25) is 0 Å². The van der Waals surface area contributed by atoms with Crippen molar-refractivity contribution in [3.63, 3.8) is 0 Å². The highest BCUT2D eigenvalue weighted by atomic mass is 35.5. The molecule has 19 heavy (non-hydrogen) atoms. The number of rotatable bonds is 6. The number of pyridine rings is 1. The zero-order valence-electron chi connectivity index (χ0n) is 12.1. The molecule has 4 nitrogen and oxygen atoms in total. The predicted molar refractivity (Wildman–Crippen MR) is 78.8 cm³/mol. The molecule has 106 valence electrons. The fourth-order valence-corrected chi connectivity index (χ4v) is 1.96. The van der Waals surface area contributed by atoms with Gasteiger partial charge in [-0.25, -0.2) is 4.98 Å². The standard InChI is InChI=1S/C14H22ClN3O/c1-5-6-12-9-11(10-13(15)16-12)14(19)18(4)8-7-17(2)3/h9-10H,5-8H2,1-4H3. The van der Waals surface area contributed by atoms with Crippen LogP contribution in [0.25, 0.3) is 0 Å². The molecule has 1 amide bonds. The maximum atomic E-state index is 12.3. The van der Waals surface area contributed by atoms with Gasteiger partial charge in [-0.05, 0) is 32.6 Å². The summed E-state index contributed by atoms with van der Waals surface area (Å²) in [7, 11) is 5.78. The first-order valence-electron chi connectivity index (χ1n) is 6.50. The Hall–Kier alpha value is -1.13. The van der Waals surface area contributed by atoms with E-state index in [1.165, 1.54) is 0 Å². The average Bonchev–Trinajstić information content (AvgIpc) is 2.34. The molecule has 0 saturated heterocycles. The SMILES string of the molecule is CCCc1cc(C(=O)N(C)CCN(C)C)cc(Cl)n1. The minimum absolute atomic E-state index is 0.0106. The fraction of sp³-hybridized carbons (Fsp3) is 0.571. The zero-order chi connectivity index (χ0) is 14.4. The van der Waals surface area contributed by atoms with Crippen LogP contribution in [0.4, 0.5) is 0 Å². The monoisotopic (exact) mass is 283 g/mol. The summed E-state index contributed by atoms with van der Waals surface area (Å²) >= 11 is 5.97. The summed E-state index contributed by atoms with van der Waals surface area (Å²) < 4.78 is 0. The third kappa shape index (κ3) is 5.17. The number of carbonyl (C=O) groups excluding carboxylic acids is 1. The normalized spacial score (nSPS) is 10.8. The van der Waals surface area contributed by atoms with Gasteiger partial charge in [0, 0.05) is 31.4 Å². The van der Waals surface area contributed by atoms with Crippen LogP contribution < -0.4 is 0 Å². The van der Waals surface area contributed by atoms with Gasteiger partial charge in [-0.1, -0.05) is 24.9 Å². The van der Waals surface area contributed by atoms with E-state index in [1.54, 1.807) is 18.0 Å². The van der Waals surface area contributed by atoms with E-state index in [1.807, 2.05) is 25.1 Å². The van der Waals surface area contributed by atoms with Crippen LogP contribution >= 0.6 is 11.6 Å². The van der Waals surface area contributed by atoms with Gasteiger partial charge in [0.05, 0.1) is 0 Å². The maximum absolute atomic E-state index is 12.3. The second-order valence-corrected chi connectivity index (χ2v) is 5.34. The van der Waals surface area contributed by atoms with Crippen molar-refractivity contribution >= 4 is 17.5 Å².